The van der Waals surface area contributed by atoms with Crippen LogP contribution in [0.5, 0.6) is 0 Å². The lowest BCUT2D eigenvalue weighted by molar-refractivity contribution is -0.168. The van der Waals surface area contributed by atoms with Gasteiger partial charge in [0, 0.05) is 11.6 Å². The number of ether oxygens (including phenoxy) is 2. The van der Waals surface area contributed by atoms with Gasteiger partial charge >= 0.3 is 0 Å². The first-order valence-electron chi connectivity index (χ1n) is 11.9. The second-order valence-electron chi connectivity index (χ2n) is 10.5. The standard InChI is InChI=1S/C26H29ClN6O2/c1-25(2)34-20-19(33-9-7-16-22(28)30-13-31-24(16)33)12-26(3,21(20)35-25)8-6-14-4-5-15-11-17(27)23(29)32-18(15)10-14/h4-5,7,9-11,13,19-21H,6,8,12H2,1-3H3,(H2,29,32)(H2,28,30,31)/t19-,20+,21+,26+/m1/s1. The molecule has 0 unspecified atom stereocenters. The Hall–Kier alpha value is -2.94. The molecule has 0 amide bonds. The first kappa shape index (κ1) is 22.5. The fraction of sp³-hybridized carbons (Fsp3) is 0.423. The van der Waals surface area contributed by atoms with E-state index in [1.807, 2.05) is 32.2 Å². The molecule has 0 radical (unpaired) electrons. The normalized spacial score (nSPS) is 27.6. The number of aromatic nitrogens is 4. The van der Waals surface area contributed by atoms with Gasteiger partial charge in [0.15, 0.2) is 5.79 Å². The zero-order valence-electron chi connectivity index (χ0n) is 20.0. The Morgan fingerprint density at radius 1 is 1.09 bits per heavy atom. The van der Waals surface area contributed by atoms with Crippen LogP contribution in [0.3, 0.4) is 0 Å². The number of benzene rings is 1. The van der Waals surface area contributed by atoms with Crippen molar-refractivity contribution in [3.8, 4) is 0 Å². The van der Waals surface area contributed by atoms with Crippen LogP contribution in [-0.2, 0) is 15.9 Å². The van der Waals surface area contributed by atoms with Crippen molar-refractivity contribution in [1.82, 2.24) is 19.5 Å². The summed E-state index contributed by atoms with van der Waals surface area (Å²) in [5.41, 5.74) is 14.8. The monoisotopic (exact) mass is 492 g/mol. The Bertz CT molecular complexity index is 1450. The molecule has 4 aromatic rings. The Kier molecular flexibility index (Phi) is 5.01. The lowest BCUT2D eigenvalue weighted by atomic mass is 9.80. The second kappa shape index (κ2) is 7.78. The van der Waals surface area contributed by atoms with Gasteiger partial charge in [0.2, 0.25) is 0 Å². The average Bonchev–Trinajstić information content (AvgIpc) is 3.45. The first-order valence-corrected chi connectivity index (χ1v) is 12.3. The molecule has 1 aromatic carbocycles. The second-order valence-corrected chi connectivity index (χ2v) is 11.0. The van der Waals surface area contributed by atoms with E-state index < -0.39 is 5.79 Å². The van der Waals surface area contributed by atoms with Crippen molar-refractivity contribution in [2.24, 2.45) is 5.41 Å². The quantitative estimate of drug-likeness (QED) is 0.416. The van der Waals surface area contributed by atoms with Gasteiger partial charge < -0.3 is 25.5 Å². The Morgan fingerprint density at radius 2 is 1.91 bits per heavy atom. The molecule has 2 fully saturated rings. The molecule has 0 spiro atoms. The molecule has 1 saturated carbocycles. The summed E-state index contributed by atoms with van der Waals surface area (Å²) in [5, 5.41) is 2.32. The molecular weight excluding hydrogens is 464 g/mol. The summed E-state index contributed by atoms with van der Waals surface area (Å²) in [4.78, 5) is 13.1. The molecule has 6 rings (SSSR count). The molecular formula is C26H29ClN6O2. The highest BCUT2D eigenvalue weighted by Gasteiger charge is 2.59. The van der Waals surface area contributed by atoms with Gasteiger partial charge in [-0.05, 0) is 62.3 Å². The van der Waals surface area contributed by atoms with Crippen molar-refractivity contribution in [3.05, 3.63) is 53.4 Å². The lowest BCUT2D eigenvalue weighted by Gasteiger charge is -2.32. The van der Waals surface area contributed by atoms with Crippen molar-refractivity contribution in [1.29, 1.82) is 0 Å². The maximum atomic E-state index is 6.50. The topological polar surface area (TPSA) is 114 Å². The Balaban J connectivity index is 1.31. The van der Waals surface area contributed by atoms with Crippen LogP contribution in [0.4, 0.5) is 11.6 Å². The number of nitrogens with two attached hydrogens (primary N) is 2. The van der Waals surface area contributed by atoms with Crippen molar-refractivity contribution in [2.75, 3.05) is 11.5 Å². The van der Waals surface area contributed by atoms with Crippen LogP contribution < -0.4 is 11.5 Å². The SMILES string of the molecule is CC1(C)O[C@H]2[C@H](n3ccc4c(N)ncnc43)C[C@](C)(CCc3ccc4cc(Cl)c(N)nc4c3)[C@H]2O1. The van der Waals surface area contributed by atoms with Crippen molar-refractivity contribution >= 4 is 45.2 Å². The highest BCUT2D eigenvalue weighted by Crippen LogP contribution is 2.55. The number of hydrogen-bond donors (Lipinski definition) is 2. The van der Waals surface area contributed by atoms with Gasteiger partial charge in [-0.25, -0.2) is 15.0 Å². The van der Waals surface area contributed by atoms with Gasteiger partial charge in [0.05, 0.1) is 28.1 Å². The lowest BCUT2D eigenvalue weighted by Crippen LogP contribution is -2.34. The molecule has 4 N–H and O–H groups in total. The molecule has 35 heavy (non-hydrogen) atoms. The predicted octanol–water partition coefficient (Wildman–Crippen LogP) is 4.90. The van der Waals surface area contributed by atoms with Gasteiger partial charge in [0.25, 0.3) is 0 Å². The number of nitrogen functional groups attached to an aromatic ring is 2. The summed E-state index contributed by atoms with van der Waals surface area (Å²) in [6.45, 7) is 6.28. The van der Waals surface area contributed by atoms with Crippen LogP contribution in [0.1, 0.15) is 45.2 Å². The zero-order valence-corrected chi connectivity index (χ0v) is 20.8. The summed E-state index contributed by atoms with van der Waals surface area (Å²) in [5.74, 6) is 0.198. The maximum Gasteiger partial charge on any atom is 0.163 e. The Morgan fingerprint density at radius 3 is 2.74 bits per heavy atom. The van der Waals surface area contributed by atoms with E-state index in [4.69, 9.17) is 32.5 Å². The van der Waals surface area contributed by atoms with Crippen LogP contribution in [-0.4, -0.2) is 37.5 Å². The van der Waals surface area contributed by atoms with Crippen LogP contribution >= 0.6 is 11.6 Å². The minimum Gasteiger partial charge on any atom is -0.383 e. The highest BCUT2D eigenvalue weighted by molar-refractivity contribution is 6.33. The fourth-order valence-electron chi connectivity index (χ4n) is 5.87. The summed E-state index contributed by atoms with van der Waals surface area (Å²) >= 11 is 6.14. The molecule has 1 saturated heterocycles. The number of halogens is 1. The van der Waals surface area contributed by atoms with Crippen molar-refractivity contribution in [3.63, 3.8) is 0 Å². The van der Waals surface area contributed by atoms with Gasteiger partial charge in [0.1, 0.15) is 29.7 Å². The van der Waals surface area contributed by atoms with Crippen molar-refractivity contribution < 1.29 is 9.47 Å². The largest absolute Gasteiger partial charge is 0.383 e. The van der Waals surface area contributed by atoms with Gasteiger partial charge in [-0.1, -0.05) is 30.7 Å². The predicted molar refractivity (Wildman–Crippen MR) is 137 cm³/mol. The molecule has 9 heteroatoms. The zero-order chi connectivity index (χ0) is 24.5. The molecule has 3 aromatic heterocycles. The number of fused-ring (bicyclic) bond motifs is 3. The minimum atomic E-state index is -0.643. The van der Waals surface area contributed by atoms with E-state index >= 15 is 0 Å². The van der Waals surface area contributed by atoms with E-state index in [-0.39, 0.29) is 23.7 Å². The Labute approximate surface area is 208 Å². The van der Waals surface area contributed by atoms with Crippen LogP contribution in [0.2, 0.25) is 5.02 Å². The number of rotatable bonds is 4. The summed E-state index contributed by atoms with van der Waals surface area (Å²) in [7, 11) is 0. The van der Waals surface area contributed by atoms with E-state index in [0.29, 0.717) is 16.7 Å². The van der Waals surface area contributed by atoms with E-state index in [2.05, 4.69) is 44.6 Å². The van der Waals surface area contributed by atoms with E-state index in [0.717, 1.165) is 41.2 Å². The minimum absolute atomic E-state index is 0.0350. The number of nitrogens with zero attached hydrogens (tertiary/aromatic N) is 4. The first-order chi connectivity index (χ1) is 16.6. The molecule has 0 bridgehead atoms. The third-order valence-electron chi connectivity index (χ3n) is 7.62. The van der Waals surface area contributed by atoms with Crippen molar-refractivity contribution in [2.45, 2.75) is 64.1 Å². The molecule has 1 aliphatic heterocycles. The smallest absolute Gasteiger partial charge is 0.163 e. The van der Waals surface area contributed by atoms with Crippen LogP contribution in [0, 0.1) is 5.41 Å². The molecule has 1 aliphatic carbocycles. The maximum absolute atomic E-state index is 6.50. The molecule has 182 valence electrons. The third kappa shape index (κ3) is 3.71. The fourth-order valence-corrected chi connectivity index (χ4v) is 6.03. The van der Waals surface area contributed by atoms with Gasteiger partial charge in [-0.3, -0.25) is 0 Å². The van der Waals surface area contributed by atoms with E-state index in [9.17, 15) is 0 Å². The third-order valence-corrected chi connectivity index (χ3v) is 7.92. The number of pyridine rings is 1. The molecule has 2 aliphatic rings. The van der Waals surface area contributed by atoms with Gasteiger partial charge in [-0.2, -0.15) is 0 Å². The average molecular weight is 493 g/mol. The summed E-state index contributed by atoms with van der Waals surface area (Å²) in [6.07, 6.45) is 6.17. The molecule has 4 heterocycles. The number of anilines is 2. The summed E-state index contributed by atoms with van der Waals surface area (Å²) in [6, 6.07) is 10.2. The highest BCUT2D eigenvalue weighted by atomic mass is 35.5. The van der Waals surface area contributed by atoms with Gasteiger partial charge in [-0.15, -0.1) is 0 Å². The molecule has 4 atom stereocenters. The molecule has 8 nitrogen and oxygen atoms in total. The van der Waals surface area contributed by atoms with Crippen LogP contribution in [0.15, 0.2) is 42.9 Å². The van der Waals surface area contributed by atoms with E-state index in [1.165, 1.54) is 11.9 Å². The van der Waals surface area contributed by atoms with E-state index in [1.54, 1.807) is 0 Å². The number of aryl methyl sites for hydroxylation is 1. The summed E-state index contributed by atoms with van der Waals surface area (Å²) < 4.78 is 15.2. The van der Waals surface area contributed by atoms with Crippen LogP contribution in [0.25, 0.3) is 21.9 Å². The number of hydrogen-bond acceptors (Lipinski definition) is 7.